The van der Waals surface area contributed by atoms with E-state index in [1.165, 1.54) is 6.26 Å². The monoisotopic (exact) mass is 306 g/mol. The molecule has 5 nitrogen and oxygen atoms in total. The third-order valence-electron chi connectivity index (χ3n) is 2.82. The Morgan fingerprint density at radius 2 is 2.05 bits per heavy atom. The van der Waals surface area contributed by atoms with Gasteiger partial charge >= 0.3 is 0 Å². The summed E-state index contributed by atoms with van der Waals surface area (Å²) in [6, 6.07) is 8.47. The van der Waals surface area contributed by atoms with Gasteiger partial charge in [-0.2, -0.15) is 0 Å². The van der Waals surface area contributed by atoms with Crippen LogP contribution >= 0.6 is 11.6 Å². The van der Waals surface area contributed by atoms with Gasteiger partial charge in [0.1, 0.15) is 0 Å². The van der Waals surface area contributed by atoms with Crippen molar-refractivity contribution in [1.82, 2.24) is 0 Å². The molecular formula is C15H15ClN2O3. The van der Waals surface area contributed by atoms with Gasteiger partial charge in [0.05, 0.1) is 6.26 Å². The lowest BCUT2D eigenvalue weighted by atomic mass is 10.1. The Kier molecular flexibility index (Phi) is 5.00. The quantitative estimate of drug-likeness (QED) is 0.832. The smallest absolute Gasteiger partial charge is 0.291 e. The molecule has 21 heavy (non-hydrogen) atoms. The van der Waals surface area contributed by atoms with Gasteiger partial charge < -0.3 is 15.1 Å². The van der Waals surface area contributed by atoms with Gasteiger partial charge in [-0.3, -0.25) is 9.59 Å². The number of furan rings is 1. The third-order valence-corrected chi connectivity index (χ3v) is 3.01. The summed E-state index contributed by atoms with van der Waals surface area (Å²) in [5, 5.41) is 5.49. The van der Waals surface area contributed by atoms with E-state index >= 15 is 0 Å². The first-order valence-electron chi connectivity index (χ1n) is 6.41. The number of hydrogen-bond acceptors (Lipinski definition) is 3. The summed E-state index contributed by atoms with van der Waals surface area (Å²) in [7, 11) is 0. The molecule has 0 unspecified atom stereocenters. The topological polar surface area (TPSA) is 71.3 Å². The van der Waals surface area contributed by atoms with E-state index in [0.29, 0.717) is 11.4 Å². The van der Waals surface area contributed by atoms with Gasteiger partial charge in [-0.15, -0.1) is 11.6 Å². The molecule has 6 heteroatoms. The molecule has 2 N–H and O–H groups in total. The van der Waals surface area contributed by atoms with Crippen LogP contribution in [0.5, 0.6) is 0 Å². The molecule has 0 saturated carbocycles. The lowest BCUT2D eigenvalue weighted by Gasteiger charge is -2.10. The molecule has 2 amide bonds. The average Bonchev–Trinajstić information content (AvgIpc) is 2.96. The van der Waals surface area contributed by atoms with Crippen molar-refractivity contribution in [3.8, 4) is 0 Å². The fourth-order valence-corrected chi connectivity index (χ4v) is 1.95. The van der Waals surface area contributed by atoms with Crippen LogP contribution in [0.1, 0.15) is 22.5 Å². The third kappa shape index (κ3) is 4.10. The number of halogens is 1. The van der Waals surface area contributed by atoms with Crippen LogP contribution < -0.4 is 10.6 Å². The molecule has 0 atom stereocenters. The van der Waals surface area contributed by atoms with E-state index in [-0.39, 0.29) is 29.9 Å². The van der Waals surface area contributed by atoms with Crippen molar-refractivity contribution in [3.63, 3.8) is 0 Å². The standard InChI is InChI=1S/C15H15ClN2O3/c1-10-9-11(17-14(19)6-7-16)4-5-12(10)18-15(20)13-3-2-8-21-13/h2-5,8-9H,6-7H2,1H3,(H,17,19)(H,18,20). The molecule has 0 spiro atoms. The summed E-state index contributed by atoms with van der Waals surface area (Å²) in [6.45, 7) is 1.84. The maximum absolute atomic E-state index is 11.9. The van der Waals surface area contributed by atoms with E-state index in [9.17, 15) is 9.59 Å². The van der Waals surface area contributed by atoms with Crippen molar-refractivity contribution in [2.45, 2.75) is 13.3 Å². The van der Waals surface area contributed by atoms with E-state index in [1.807, 2.05) is 6.92 Å². The Bertz CT molecular complexity index is 638. The molecule has 1 heterocycles. The predicted octanol–water partition coefficient (Wildman–Crippen LogP) is 3.41. The summed E-state index contributed by atoms with van der Waals surface area (Å²) in [5.74, 6) is 0.0648. The van der Waals surface area contributed by atoms with Crippen LogP contribution in [0, 0.1) is 6.92 Å². The van der Waals surface area contributed by atoms with E-state index in [4.69, 9.17) is 16.0 Å². The van der Waals surface area contributed by atoms with Crippen molar-refractivity contribution >= 4 is 34.8 Å². The number of aryl methyl sites for hydroxylation is 1. The second-order valence-corrected chi connectivity index (χ2v) is 4.83. The van der Waals surface area contributed by atoms with Gasteiger partial charge in [0.15, 0.2) is 5.76 Å². The zero-order valence-corrected chi connectivity index (χ0v) is 12.2. The summed E-state index contributed by atoms with van der Waals surface area (Å²) in [5.41, 5.74) is 2.16. The summed E-state index contributed by atoms with van der Waals surface area (Å²) in [4.78, 5) is 23.4. The minimum atomic E-state index is -0.318. The average molecular weight is 307 g/mol. The number of benzene rings is 1. The number of hydrogen-bond donors (Lipinski definition) is 2. The van der Waals surface area contributed by atoms with Crippen molar-refractivity contribution in [2.75, 3.05) is 16.5 Å². The Labute approximate surface area is 127 Å². The lowest BCUT2D eigenvalue weighted by molar-refractivity contribution is -0.115. The summed E-state index contributed by atoms with van der Waals surface area (Å²) < 4.78 is 5.03. The van der Waals surface area contributed by atoms with Gasteiger partial charge in [-0.05, 0) is 42.8 Å². The number of anilines is 2. The Hall–Kier alpha value is -2.27. The van der Waals surface area contributed by atoms with Crippen LogP contribution in [0.3, 0.4) is 0 Å². The molecule has 110 valence electrons. The number of alkyl halides is 1. The van der Waals surface area contributed by atoms with E-state index < -0.39 is 0 Å². The second kappa shape index (κ2) is 6.95. The normalized spacial score (nSPS) is 10.2. The minimum Gasteiger partial charge on any atom is -0.459 e. The fraction of sp³-hybridized carbons (Fsp3) is 0.200. The lowest BCUT2D eigenvalue weighted by Crippen LogP contribution is -2.13. The number of carbonyl (C=O) groups is 2. The van der Waals surface area contributed by atoms with Crippen LogP contribution in [0.4, 0.5) is 11.4 Å². The number of carbonyl (C=O) groups excluding carboxylic acids is 2. The van der Waals surface area contributed by atoms with Crippen LogP contribution in [-0.2, 0) is 4.79 Å². The molecule has 2 rings (SSSR count). The highest BCUT2D eigenvalue weighted by molar-refractivity contribution is 6.19. The first kappa shape index (κ1) is 15.1. The molecule has 0 saturated heterocycles. The molecule has 1 aromatic heterocycles. The van der Waals surface area contributed by atoms with Gasteiger partial charge in [-0.1, -0.05) is 0 Å². The largest absolute Gasteiger partial charge is 0.459 e. The van der Waals surface area contributed by atoms with Gasteiger partial charge in [0.2, 0.25) is 5.91 Å². The van der Waals surface area contributed by atoms with Crippen LogP contribution in [0.25, 0.3) is 0 Å². The maximum atomic E-state index is 11.9. The van der Waals surface area contributed by atoms with E-state index in [1.54, 1.807) is 30.3 Å². The Morgan fingerprint density at radius 3 is 2.67 bits per heavy atom. The maximum Gasteiger partial charge on any atom is 0.291 e. The SMILES string of the molecule is Cc1cc(NC(=O)CCCl)ccc1NC(=O)c1ccco1. The Morgan fingerprint density at radius 1 is 1.24 bits per heavy atom. The number of nitrogens with one attached hydrogen (secondary N) is 2. The van der Waals surface area contributed by atoms with Crippen molar-refractivity contribution in [3.05, 3.63) is 47.9 Å². The van der Waals surface area contributed by atoms with E-state index in [2.05, 4.69) is 10.6 Å². The Balaban J connectivity index is 2.05. The molecule has 0 radical (unpaired) electrons. The number of amides is 2. The molecule has 1 aromatic carbocycles. The molecule has 0 aliphatic carbocycles. The zero-order chi connectivity index (χ0) is 15.2. The zero-order valence-electron chi connectivity index (χ0n) is 11.5. The van der Waals surface area contributed by atoms with Crippen LogP contribution in [0.2, 0.25) is 0 Å². The first-order valence-corrected chi connectivity index (χ1v) is 6.95. The van der Waals surface area contributed by atoms with Crippen molar-refractivity contribution < 1.29 is 14.0 Å². The first-order chi connectivity index (χ1) is 10.1. The molecule has 2 aromatic rings. The summed E-state index contributed by atoms with van der Waals surface area (Å²) in [6.07, 6.45) is 1.70. The highest BCUT2D eigenvalue weighted by Crippen LogP contribution is 2.20. The molecular weight excluding hydrogens is 292 g/mol. The van der Waals surface area contributed by atoms with Gasteiger partial charge in [0, 0.05) is 23.7 Å². The minimum absolute atomic E-state index is 0.142. The summed E-state index contributed by atoms with van der Waals surface area (Å²) >= 11 is 5.51. The highest BCUT2D eigenvalue weighted by Gasteiger charge is 2.10. The highest BCUT2D eigenvalue weighted by atomic mass is 35.5. The number of rotatable bonds is 5. The predicted molar refractivity (Wildman–Crippen MR) is 81.8 cm³/mol. The van der Waals surface area contributed by atoms with Crippen LogP contribution in [0.15, 0.2) is 41.0 Å². The van der Waals surface area contributed by atoms with E-state index in [0.717, 1.165) is 5.56 Å². The van der Waals surface area contributed by atoms with Gasteiger partial charge in [0.25, 0.3) is 5.91 Å². The molecule has 0 aliphatic heterocycles. The van der Waals surface area contributed by atoms with Crippen LogP contribution in [-0.4, -0.2) is 17.7 Å². The second-order valence-electron chi connectivity index (χ2n) is 4.45. The van der Waals surface area contributed by atoms with Gasteiger partial charge in [-0.25, -0.2) is 0 Å². The molecule has 0 aliphatic rings. The van der Waals surface area contributed by atoms with Crippen molar-refractivity contribution in [1.29, 1.82) is 0 Å². The molecule has 0 fully saturated rings. The van der Waals surface area contributed by atoms with Crippen molar-refractivity contribution in [2.24, 2.45) is 0 Å². The fourth-order valence-electron chi connectivity index (χ4n) is 1.78. The molecule has 0 bridgehead atoms.